The van der Waals surface area contributed by atoms with E-state index in [2.05, 4.69) is 48.0 Å². The molecule has 0 bridgehead atoms. The third kappa shape index (κ3) is 2.18. The quantitative estimate of drug-likeness (QED) is 0.767. The second-order valence-electron chi connectivity index (χ2n) is 2.59. The Labute approximate surface area is 81.5 Å². The Morgan fingerprint density at radius 1 is 1.55 bits per heavy atom. The van der Waals surface area contributed by atoms with E-state index in [4.69, 9.17) is 0 Å². The van der Waals surface area contributed by atoms with Gasteiger partial charge in [-0.3, -0.25) is 0 Å². The highest BCUT2D eigenvalue weighted by Crippen LogP contribution is 2.11. The Hall–Kier alpha value is -0.0600. The smallest absolute Gasteiger partial charge is 0.0843 e. The summed E-state index contributed by atoms with van der Waals surface area (Å²) >= 11 is 2.19. The Morgan fingerprint density at radius 3 is 2.82 bits per heavy atom. The van der Waals surface area contributed by atoms with E-state index in [-0.39, 0.29) is 0 Å². The molecular formula is C8H13IN2. The topological polar surface area (TPSA) is 17.8 Å². The number of aromatic nitrogens is 2. The van der Waals surface area contributed by atoms with Gasteiger partial charge in [0.05, 0.1) is 28.6 Å². The minimum absolute atomic E-state index is 1.10. The Balaban J connectivity index is 2.83. The lowest BCUT2D eigenvalue weighted by molar-refractivity contribution is 0.849. The molecule has 0 aromatic carbocycles. The molecular weight excluding hydrogens is 251 g/mol. The van der Waals surface area contributed by atoms with Gasteiger partial charge in [-0.1, -0.05) is 20.3 Å². The maximum atomic E-state index is 4.37. The molecule has 1 aromatic heterocycles. The highest BCUT2D eigenvalue weighted by molar-refractivity contribution is 14.1. The first kappa shape index (κ1) is 9.03. The molecule has 2 nitrogen and oxygen atoms in total. The number of hydrogen-bond acceptors (Lipinski definition) is 1. The molecule has 0 amide bonds. The summed E-state index contributed by atoms with van der Waals surface area (Å²) in [6.45, 7) is 4.36. The highest BCUT2D eigenvalue weighted by atomic mass is 127. The summed E-state index contributed by atoms with van der Waals surface area (Å²) in [7, 11) is 0. The van der Waals surface area contributed by atoms with Crippen molar-refractivity contribution in [1.82, 2.24) is 7.99 Å². The van der Waals surface area contributed by atoms with Crippen molar-refractivity contribution in [3.05, 3.63) is 17.5 Å². The van der Waals surface area contributed by atoms with Crippen molar-refractivity contribution in [2.75, 3.05) is 0 Å². The summed E-state index contributed by atoms with van der Waals surface area (Å²) in [6, 6.07) is 0. The second-order valence-corrected chi connectivity index (χ2v) is 3.58. The van der Waals surface area contributed by atoms with E-state index in [9.17, 15) is 0 Å². The van der Waals surface area contributed by atoms with Gasteiger partial charge in [0, 0.05) is 6.20 Å². The summed E-state index contributed by atoms with van der Waals surface area (Å²) in [5, 5.41) is 4.37. The lowest BCUT2D eigenvalue weighted by Crippen LogP contribution is -1.89. The molecule has 0 saturated carbocycles. The fraction of sp³-hybridized carbons (Fsp3) is 0.625. The molecule has 0 atom stereocenters. The van der Waals surface area contributed by atoms with E-state index in [0.29, 0.717) is 0 Å². The molecule has 1 heterocycles. The Bertz CT molecular complexity index is 230. The Morgan fingerprint density at radius 2 is 2.27 bits per heavy atom. The van der Waals surface area contributed by atoms with E-state index < -0.39 is 0 Å². The van der Waals surface area contributed by atoms with Crippen molar-refractivity contribution in [3.63, 3.8) is 0 Å². The number of aryl methyl sites for hydroxylation is 2. The molecule has 1 aromatic rings. The summed E-state index contributed by atoms with van der Waals surface area (Å²) in [5.74, 6) is 0. The molecule has 0 fully saturated rings. The molecule has 0 aliphatic rings. The van der Waals surface area contributed by atoms with Gasteiger partial charge in [-0.2, -0.15) is 5.10 Å². The molecule has 62 valence electrons. The largest absolute Gasteiger partial charge is 0.211 e. The predicted octanol–water partition coefficient (Wildman–Crippen LogP) is 2.60. The van der Waals surface area contributed by atoms with Gasteiger partial charge in [0.15, 0.2) is 0 Å². The van der Waals surface area contributed by atoms with Crippen LogP contribution >= 0.6 is 22.9 Å². The number of rotatable bonds is 3. The molecule has 0 unspecified atom stereocenters. The number of hydrogen-bond donors (Lipinski definition) is 0. The van der Waals surface area contributed by atoms with Crippen LogP contribution < -0.4 is 0 Å². The van der Waals surface area contributed by atoms with E-state index in [1.165, 1.54) is 17.7 Å². The summed E-state index contributed by atoms with van der Waals surface area (Å²) in [5.41, 5.74) is 2.66. The molecule has 0 spiro atoms. The molecule has 0 aliphatic carbocycles. The van der Waals surface area contributed by atoms with Crippen LogP contribution in [0.15, 0.2) is 6.20 Å². The lowest BCUT2D eigenvalue weighted by Gasteiger charge is -1.93. The first-order chi connectivity index (χ1) is 5.27. The van der Waals surface area contributed by atoms with Gasteiger partial charge in [0.2, 0.25) is 0 Å². The average Bonchev–Trinajstić information content (AvgIpc) is 2.32. The van der Waals surface area contributed by atoms with E-state index >= 15 is 0 Å². The minimum Gasteiger partial charge on any atom is -0.211 e. The van der Waals surface area contributed by atoms with Gasteiger partial charge in [0.25, 0.3) is 0 Å². The SMILES string of the molecule is CCCc1nn(I)cc1CC. The third-order valence-electron chi connectivity index (χ3n) is 1.72. The van der Waals surface area contributed by atoms with Crippen LogP contribution in [0.3, 0.4) is 0 Å². The standard InChI is InChI=1S/C8H13IN2/c1-3-5-8-7(4-2)6-11(9)10-8/h6H,3-5H2,1-2H3. The van der Waals surface area contributed by atoms with Gasteiger partial charge in [-0.15, -0.1) is 0 Å². The van der Waals surface area contributed by atoms with Crippen LogP contribution in [-0.4, -0.2) is 7.99 Å². The van der Waals surface area contributed by atoms with Crippen molar-refractivity contribution in [3.8, 4) is 0 Å². The summed E-state index contributed by atoms with van der Waals surface area (Å²) in [6.07, 6.45) is 5.49. The summed E-state index contributed by atoms with van der Waals surface area (Å²) < 4.78 is 1.88. The number of nitrogens with zero attached hydrogens (tertiary/aromatic N) is 2. The van der Waals surface area contributed by atoms with Gasteiger partial charge in [0.1, 0.15) is 0 Å². The fourth-order valence-electron chi connectivity index (χ4n) is 1.15. The van der Waals surface area contributed by atoms with E-state index in [1.54, 1.807) is 0 Å². The van der Waals surface area contributed by atoms with Crippen LogP contribution in [0.5, 0.6) is 0 Å². The predicted molar refractivity (Wildman–Crippen MR) is 55.0 cm³/mol. The lowest BCUT2D eigenvalue weighted by atomic mass is 10.1. The molecule has 0 aliphatic heterocycles. The normalized spacial score (nSPS) is 10.5. The van der Waals surface area contributed by atoms with Crippen molar-refractivity contribution in [1.29, 1.82) is 0 Å². The molecule has 0 N–H and O–H groups in total. The monoisotopic (exact) mass is 264 g/mol. The van der Waals surface area contributed by atoms with Crippen LogP contribution in [0.1, 0.15) is 31.5 Å². The minimum atomic E-state index is 1.10. The first-order valence-corrected chi connectivity index (χ1v) is 4.98. The van der Waals surface area contributed by atoms with Crippen LogP contribution in [0.25, 0.3) is 0 Å². The van der Waals surface area contributed by atoms with E-state index in [1.807, 2.05) is 2.90 Å². The maximum absolute atomic E-state index is 4.37. The second kappa shape index (κ2) is 4.09. The Kier molecular flexibility index (Phi) is 3.36. The van der Waals surface area contributed by atoms with E-state index in [0.717, 1.165) is 12.8 Å². The summed E-state index contributed by atoms with van der Waals surface area (Å²) in [4.78, 5) is 0. The number of halogens is 1. The maximum Gasteiger partial charge on any atom is 0.0843 e. The average molecular weight is 264 g/mol. The van der Waals surface area contributed by atoms with Crippen LogP contribution in [0.2, 0.25) is 0 Å². The van der Waals surface area contributed by atoms with Crippen molar-refractivity contribution >= 4 is 22.9 Å². The van der Waals surface area contributed by atoms with Crippen molar-refractivity contribution < 1.29 is 0 Å². The van der Waals surface area contributed by atoms with Gasteiger partial charge in [-0.25, -0.2) is 2.90 Å². The molecule has 0 saturated heterocycles. The highest BCUT2D eigenvalue weighted by Gasteiger charge is 2.03. The van der Waals surface area contributed by atoms with Gasteiger partial charge < -0.3 is 0 Å². The zero-order valence-electron chi connectivity index (χ0n) is 6.97. The van der Waals surface area contributed by atoms with Crippen molar-refractivity contribution in [2.45, 2.75) is 33.1 Å². The molecule has 1 rings (SSSR count). The fourth-order valence-corrected chi connectivity index (χ4v) is 1.75. The van der Waals surface area contributed by atoms with Crippen LogP contribution in [-0.2, 0) is 12.8 Å². The van der Waals surface area contributed by atoms with Gasteiger partial charge in [-0.05, 0) is 18.4 Å². The third-order valence-corrected chi connectivity index (χ3v) is 2.21. The van der Waals surface area contributed by atoms with Gasteiger partial charge >= 0.3 is 0 Å². The van der Waals surface area contributed by atoms with Crippen LogP contribution in [0, 0.1) is 0 Å². The van der Waals surface area contributed by atoms with Crippen LogP contribution in [0.4, 0.5) is 0 Å². The van der Waals surface area contributed by atoms with Crippen molar-refractivity contribution in [2.24, 2.45) is 0 Å². The molecule has 0 radical (unpaired) electrons. The first-order valence-electron chi connectivity index (χ1n) is 4.01. The molecule has 3 heteroatoms. The zero-order chi connectivity index (χ0) is 8.27. The zero-order valence-corrected chi connectivity index (χ0v) is 9.13. The molecule has 11 heavy (non-hydrogen) atoms.